The van der Waals surface area contributed by atoms with Gasteiger partial charge in [0.2, 0.25) is 0 Å². The number of rotatable bonds is 8. The molecule has 0 spiro atoms. The number of halogens is 1. The van der Waals surface area contributed by atoms with Crippen LogP contribution in [0.5, 0.6) is 0 Å². The van der Waals surface area contributed by atoms with E-state index in [1.54, 1.807) is 12.1 Å². The summed E-state index contributed by atoms with van der Waals surface area (Å²) in [4.78, 5) is 0. The lowest BCUT2D eigenvalue weighted by atomic mass is 10.0. The number of aliphatic hydroxyl groups excluding tert-OH is 1. The molecule has 0 radical (unpaired) electrons. The summed E-state index contributed by atoms with van der Waals surface area (Å²) in [5.74, 6) is -0.250. The van der Waals surface area contributed by atoms with Crippen molar-refractivity contribution in [1.82, 2.24) is 0 Å². The molecular formula is C15H23FO. The van der Waals surface area contributed by atoms with Gasteiger partial charge in [-0.1, -0.05) is 57.6 Å². The minimum absolute atomic E-state index is 0.250. The second-order valence-electron chi connectivity index (χ2n) is 4.62. The first kappa shape index (κ1) is 14.2. The number of aliphatic hydroxyl groups is 1. The van der Waals surface area contributed by atoms with Crippen molar-refractivity contribution in [3.05, 3.63) is 35.6 Å². The molecule has 0 bridgehead atoms. The van der Waals surface area contributed by atoms with Crippen molar-refractivity contribution in [2.45, 2.75) is 58.0 Å². The third kappa shape index (κ3) is 5.83. The Labute approximate surface area is 104 Å². The minimum Gasteiger partial charge on any atom is -0.388 e. The SMILES string of the molecule is CCCCCCCCC(O)c1ccc(F)cc1. The Morgan fingerprint density at radius 2 is 1.59 bits per heavy atom. The molecule has 2 heteroatoms. The van der Waals surface area contributed by atoms with Gasteiger partial charge in [-0.25, -0.2) is 4.39 Å². The first-order valence-corrected chi connectivity index (χ1v) is 6.67. The molecule has 0 aliphatic carbocycles. The summed E-state index contributed by atoms with van der Waals surface area (Å²) in [7, 11) is 0. The van der Waals surface area contributed by atoms with E-state index in [0.717, 1.165) is 18.4 Å². The Morgan fingerprint density at radius 3 is 2.24 bits per heavy atom. The van der Waals surface area contributed by atoms with E-state index >= 15 is 0 Å². The van der Waals surface area contributed by atoms with Crippen LogP contribution in [0.2, 0.25) is 0 Å². The average molecular weight is 238 g/mol. The average Bonchev–Trinajstić information content (AvgIpc) is 2.34. The van der Waals surface area contributed by atoms with Crippen LogP contribution in [0.15, 0.2) is 24.3 Å². The van der Waals surface area contributed by atoms with Gasteiger partial charge in [-0.15, -0.1) is 0 Å². The third-order valence-corrected chi connectivity index (χ3v) is 3.09. The standard InChI is InChI=1S/C15H23FO/c1-2-3-4-5-6-7-8-15(17)13-9-11-14(16)12-10-13/h9-12,15,17H,2-8H2,1H3. The van der Waals surface area contributed by atoms with Gasteiger partial charge < -0.3 is 5.11 Å². The van der Waals surface area contributed by atoms with E-state index in [0.29, 0.717) is 0 Å². The molecule has 1 N–H and O–H groups in total. The Morgan fingerprint density at radius 1 is 1.00 bits per heavy atom. The molecule has 0 saturated heterocycles. The third-order valence-electron chi connectivity index (χ3n) is 3.09. The summed E-state index contributed by atoms with van der Waals surface area (Å²) in [6.45, 7) is 2.21. The maximum atomic E-state index is 12.7. The van der Waals surface area contributed by atoms with Gasteiger partial charge in [0, 0.05) is 0 Å². The largest absolute Gasteiger partial charge is 0.388 e. The summed E-state index contributed by atoms with van der Waals surface area (Å²) in [6.07, 6.45) is 7.67. The van der Waals surface area contributed by atoms with E-state index < -0.39 is 6.10 Å². The molecule has 1 aromatic carbocycles. The first-order chi connectivity index (χ1) is 8.24. The molecular weight excluding hydrogens is 215 g/mol. The molecule has 0 heterocycles. The predicted molar refractivity (Wildman–Crippen MR) is 69.4 cm³/mol. The molecule has 1 rings (SSSR count). The maximum absolute atomic E-state index is 12.7. The van der Waals surface area contributed by atoms with Gasteiger partial charge in [0.15, 0.2) is 0 Å². The molecule has 1 atom stereocenters. The Balaban J connectivity index is 2.16. The monoisotopic (exact) mass is 238 g/mol. The quantitative estimate of drug-likeness (QED) is 0.656. The Bertz CT molecular complexity index is 294. The van der Waals surface area contributed by atoms with E-state index in [1.807, 2.05) is 0 Å². The highest BCUT2D eigenvalue weighted by atomic mass is 19.1. The molecule has 0 amide bonds. The molecule has 0 aromatic heterocycles. The minimum atomic E-state index is -0.443. The highest BCUT2D eigenvalue weighted by molar-refractivity contribution is 5.18. The van der Waals surface area contributed by atoms with Crippen molar-refractivity contribution in [3.8, 4) is 0 Å². The molecule has 17 heavy (non-hydrogen) atoms. The molecule has 1 unspecified atom stereocenters. The van der Waals surface area contributed by atoms with E-state index in [2.05, 4.69) is 6.92 Å². The fraction of sp³-hybridized carbons (Fsp3) is 0.600. The van der Waals surface area contributed by atoms with Gasteiger partial charge in [0.1, 0.15) is 5.82 Å². The first-order valence-electron chi connectivity index (χ1n) is 6.67. The summed E-state index contributed by atoms with van der Waals surface area (Å²) in [5.41, 5.74) is 0.819. The van der Waals surface area contributed by atoms with Crippen LogP contribution in [0.3, 0.4) is 0 Å². The van der Waals surface area contributed by atoms with Crippen LogP contribution >= 0.6 is 0 Å². The molecule has 1 aromatic rings. The van der Waals surface area contributed by atoms with Gasteiger partial charge in [-0.3, -0.25) is 0 Å². The Kier molecular flexibility index (Phi) is 6.87. The van der Waals surface area contributed by atoms with Crippen molar-refractivity contribution in [1.29, 1.82) is 0 Å². The normalized spacial score (nSPS) is 12.6. The summed E-state index contributed by atoms with van der Waals surface area (Å²) >= 11 is 0. The summed E-state index contributed by atoms with van der Waals surface area (Å²) in [5, 5.41) is 9.89. The van der Waals surface area contributed by atoms with Crippen LogP contribution in [0.4, 0.5) is 4.39 Å². The summed E-state index contributed by atoms with van der Waals surface area (Å²) < 4.78 is 12.7. The fourth-order valence-corrected chi connectivity index (χ4v) is 1.97. The van der Waals surface area contributed by atoms with E-state index in [1.165, 1.54) is 44.2 Å². The van der Waals surface area contributed by atoms with Crippen LogP contribution < -0.4 is 0 Å². The topological polar surface area (TPSA) is 20.2 Å². The molecule has 0 aliphatic rings. The van der Waals surface area contributed by atoms with Gasteiger partial charge in [0.05, 0.1) is 6.10 Å². The van der Waals surface area contributed by atoms with E-state index in [-0.39, 0.29) is 5.82 Å². The Hall–Kier alpha value is -0.890. The highest BCUT2D eigenvalue weighted by Crippen LogP contribution is 2.20. The lowest BCUT2D eigenvalue weighted by molar-refractivity contribution is 0.163. The van der Waals surface area contributed by atoms with Gasteiger partial charge in [0.25, 0.3) is 0 Å². The van der Waals surface area contributed by atoms with E-state index in [9.17, 15) is 9.50 Å². The van der Waals surface area contributed by atoms with Crippen molar-refractivity contribution in [2.24, 2.45) is 0 Å². The van der Waals surface area contributed by atoms with Crippen LogP contribution in [-0.4, -0.2) is 5.11 Å². The van der Waals surface area contributed by atoms with Crippen molar-refractivity contribution in [3.63, 3.8) is 0 Å². The van der Waals surface area contributed by atoms with Crippen LogP contribution in [0, 0.1) is 5.82 Å². The number of unbranched alkanes of at least 4 members (excludes halogenated alkanes) is 5. The predicted octanol–water partition coefficient (Wildman–Crippen LogP) is 4.61. The van der Waals surface area contributed by atoms with Gasteiger partial charge >= 0.3 is 0 Å². The maximum Gasteiger partial charge on any atom is 0.123 e. The van der Waals surface area contributed by atoms with Crippen molar-refractivity contribution in [2.75, 3.05) is 0 Å². The van der Waals surface area contributed by atoms with Crippen LogP contribution in [0.1, 0.15) is 63.5 Å². The second kappa shape index (κ2) is 8.24. The van der Waals surface area contributed by atoms with Crippen molar-refractivity contribution >= 4 is 0 Å². The molecule has 1 nitrogen and oxygen atoms in total. The highest BCUT2D eigenvalue weighted by Gasteiger charge is 2.06. The fourth-order valence-electron chi connectivity index (χ4n) is 1.97. The van der Waals surface area contributed by atoms with Crippen molar-refractivity contribution < 1.29 is 9.50 Å². The number of hydrogen-bond donors (Lipinski definition) is 1. The zero-order chi connectivity index (χ0) is 12.5. The molecule has 0 saturated carbocycles. The lowest BCUT2D eigenvalue weighted by Gasteiger charge is -2.10. The van der Waals surface area contributed by atoms with Crippen LogP contribution in [-0.2, 0) is 0 Å². The van der Waals surface area contributed by atoms with Crippen LogP contribution in [0.25, 0.3) is 0 Å². The van der Waals surface area contributed by atoms with Gasteiger partial charge in [-0.2, -0.15) is 0 Å². The lowest BCUT2D eigenvalue weighted by Crippen LogP contribution is -1.97. The zero-order valence-electron chi connectivity index (χ0n) is 10.7. The summed E-state index contributed by atoms with van der Waals surface area (Å²) in [6, 6.07) is 6.13. The van der Waals surface area contributed by atoms with E-state index in [4.69, 9.17) is 0 Å². The molecule has 0 aliphatic heterocycles. The number of benzene rings is 1. The zero-order valence-corrected chi connectivity index (χ0v) is 10.7. The molecule has 0 fully saturated rings. The number of hydrogen-bond acceptors (Lipinski definition) is 1. The smallest absolute Gasteiger partial charge is 0.123 e. The molecule has 96 valence electrons. The second-order valence-corrected chi connectivity index (χ2v) is 4.62. The van der Waals surface area contributed by atoms with Gasteiger partial charge in [-0.05, 0) is 24.1 Å².